The normalized spacial score (nSPS) is 15.6. The van der Waals surface area contributed by atoms with E-state index in [1.54, 1.807) is 0 Å². The van der Waals surface area contributed by atoms with E-state index < -0.39 is 0 Å². The molecule has 5 heteroatoms. The lowest BCUT2D eigenvalue weighted by atomic mass is 9.98. The molecule has 4 rings (SSSR count). The molecule has 0 radical (unpaired) electrons. The molecule has 2 aromatic carbocycles. The summed E-state index contributed by atoms with van der Waals surface area (Å²) in [5.74, 6) is 4.31. The van der Waals surface area contributed by atoms with Crippen LogP contribution in [0.15, 0.2) is 47.5 Å². The molecule has 122 valence electrons. The lowest BCUT2D eigenvalue weighted by molar-refractivity contribution is 0.721. The van der Waals surface area contributed by atoms with Crippen molar-refractivity contribution in [3.63, 3.8) is 0 Å². The zero-order chi connectivity index (χ0) is 17.6. The predicted molar refractivity (Wildman–Crippen MR) is 99.5 cm³/mol. The van der Waals surface area contributed by atoms with Crippen LogP contribution in [0, 0.1) is 19.3 Å². The predicted octanol–water partition coefficient (Wildman–Crippen LogP) is 4.12. The van der Waals surface area contributed by atoms with Gasteiger partial charge in [-0.15, -0.1) is 16.6 Å². The van der Waals surface area contributed by atoms with Crippen molar-refractivity contribution >= 4 is 17.3 Å². The summed E-state index contributed by atoms with van der Waals surface area (Å²) in [7, 11) is 0. The number of rotatable bonds is 1. The molecule has 0 fully saturated rings. The second-order valence-corrected chi connectivity index (χ2v) is 6.36. The molecular weight excluding hydrogens is 332 g/mol. The van der Waals surface area contributed by atoms with Crippen molar-refractivity contribution in [2.45, 2.75) is 19.9 Å². The number of aliphatic imine (C=N–C) groups is 1. The Bertz CT molecular complexity index is 1060. The lowest BCUT2D eigenvalue weighted by Gasteiger charge is -2.13. The van der Waals surface area contributed by atoms with Gasteiger partial charge in [-0.1, -0.05) is 35.7 Å². The minimum atomic E-state index is -0.158. The second-order valence-electron chi connectivity index (χ2n) is 5.95. The Labute approximate surface area is 151 Å². The van der Waals surface area contributed by atoms with Crippen LogP contribution >= 0.6 is 11.6 Å². The molecule has 1 atom stereocenters. The number of aromatic nitrogens is 3. The molecule has 0 amide bonds. The van der Waals surface area contributed by atoms with Gasteiger partial charge in [0, 0.05) is 21.7 Å². The second kappa shape index (κ2) is 5.87. The Hall–Kier alpha value is -2.90. The minimum Gasteiger partial charge on any atom is -0.281 e. The van der Waals surface area contributed by atoms with E-state index in [1.807, 2.05) is 60.9 Å². The molecule has 1 aliphatic heterocycles. The van der Waals surface area contributed by atoms with E-state index in [-0.39, 0.29) is 6.04 Å². The topological polar surface area (TPSA) is 43.1 Å². The van der Waals surface area contributed by atoms with Gasteiger partial charge in [-0.2, -0.15) is 0 Å². The fraction of sp³-hybridized carbons (Fsp3) is 0.150. The van der Waals surface area contributed by atoms with Crippen molar-refractivity contribution in [2.24, 2.45) is 4.99 Å². The fourth-order valence-corrected chi connectivity index (χ4v) is 3.37. The van der Waals surface area contributed by atoms with Crippen LogP contribution in [0.25, 0.3) is 5.69 Å². The number of hydrogen-bond donors (Lipinski definition) is 0. The average Bonchev–Trinajstić information content (AvgIpc) is 2.95. The third-order valence-electron chi connectivity index (χ3n) is 4.33. The lowest BCUT2D eigenvalue weighted by Crippen LogP contribution is -2.09. The van der Waals surface area contributed by atoms with Gasteiger partial charge in [-0.3, -0.25) is 9.56 Å². The van der Waals surface area contributed by atoms with Crippen molar-refractivity contribution in [2.75, 3.05) is 0 Å². The Balaban J connectivity index is 2.08. The summed E-state index contributed by atoms with van der Waals surface area (Å²) in [6.07, 6.45) is 5.62. The molecule has 2 heterocycles. The molecule has 0 spiro atoms. The van der Waals surface area contributed by atoms with E-state index in [0.29, 0.717) is 5.02 Å². The third-order valence-corrected chi connectivity index (χ3v) is 4.66. The van der Waals surface area contributed by atoms with Gasteiger partial charge in [0.15, 0.2) is 5.82 Å². The van der Waals surface area contributed by atoms with E-state index in [4.69, 9.17) is 23.0 Å². The number of aryl methyl sites for hydroxylation is 1. The number of hydrogen-bond acceptors (Lipinski definition) is 3. The maximum absolute atomic E-state index is 6.46. The molecule has 1 unspecified atom stereocenters. The molecule has 0 N–H and O–H groups in total. The summed E-state index contributed by atoms with van der Waals surface area (Å²) < 4.78 is 2.04. The van der Waals surface area contributed by atoms with Gasteiger partial charge in [-0.05, 0) is 38.1 Å². The first-order valence-corrected chi connectivity index (χ1v) is 8.34. The van der Waals surface area contributed by atoms with E-state index in [1.165, 1.54) is 0 Å². The highest BCUT2D eigenvalue weighted by Gasteiger charge is 2.26. The molecular formula is C20H15ClN4. The molecule has 4 nitrogen and oxygen atoms in total. The molecule has 0 saturated carbocycles. The molecule has 1 aliphatic rings. The van der Waals surface area contributed by atoms with E-state index >= 15 is 0 Å². The quantitative estimate of drug-likeness (QED) is 0.622. The maximum atomic E-state index is 6.46. The zero-order valence-electron chi connectivity index (χ0n) is 13.9. The first-order chi connectivity index (χ1) is 12.1. The summed E-state index contributed by atoms with van der Waals surface area (Å²) in [4.78, 5) is 4.92. The van der Waals surface area contributed by atoms with Gasteiger partial charge in [0.2, 0.25) is 0 Å². The molecule has 0 bridgehead atoms. The van der Waals surface area contributed by atoms with Crippen molar-refractivity contribution in [1.82, 2.24) is 14.8 Å². The van der Waals surface area contributed by atoms with Crippen LogP contribution in [0.2, 0.25) is 5.02 Å². The van der Waals surface area contributed by atoms with Crippen LogP contribution in [0.5, 0.6) is 0 Å². The molecule has 3 aromatic rings. The van der Waals surface area contributed by atoms with Crippen molar-refractivity contribution < 1.29 is 0 Å². The molecule has 1 aromatic heterocycles. The minimum absolute atomic E-state index is 0.158. The van der Waals surface area contributed by atoms with Crippen LogP contribution in [-0.2, 0) is 0 Å². The summed E-state index contributed by atoms with van der Waals surface area (Å²) in [6.45, 7) is 3.94. The van der Waals surface area contributed by atoms with Crippen LogP contribution in [0.1, 0.15) is 41.3 Å². The number of fused-ring (bicyclic) bond motifs is 3. The van der Waals surface area contributed by atoms with Crippen molar-refractivity contribution in [3.05, 3.63) is 75.8 Å². The first-order valence-electron chi connectivity index (χ1n) is 7.96. The molecule has 0 aliphatic carbocycles. The van der Waals surface area contributed by atoms with Crippen molar-refractivity contribution in [3.8, 4) is 18.0 Å². The Morgan fingerprint density at radius 2 is 1.92 bits per heavy atom. The summed E-state index contributed by atoms with van der Waals surface area (Å²) in [6, 6.07) is 13.4. The smallest absolute Gasteiger partial charge is 0.162 e. The van der Waals surface area contributed by atoms with Gasteiger partial charge in [0.05, 0.1) is 11.4 Å². The van der Waals surface area contributed by atoms with Gasteiger partial charge < -0.3 is 0 Å². The van der Waals surface area contributed by atoms with Crippen molar-refractivity contribution in [1.29, 1.82) is 0 Å². The highest BCUT2D eigenvalue weighted by atomic mass is 35.5. The average molecular weight is 347 g/mol. The number of halogens is 1. The largest absolute Gasteiger partial charge is 0.281 e. The van der Waals surface area contributed by atoms with Gasteiger partial charge in [0.1, 0.15) is 11.9 Å². The zero-order valence-corrected chi connectivity index (χ0v) is 14.6. The molecule has 25 heavy (non-hydrogen) atoms. The van der Waals surface area contributed by atoms with Crippen LogP contribution < -0.4 is 0 Å². The van der Waals surface area contributed by atoms with Crippen LogP contribution in [0.4, 0.5) is 0 Å². The van der Waals surface area contributed by atoms with Gasteiger partial charge >= 0.3 is 0 Å². The van der Waals surface area contributed by atoms with E-state index in [0.717, 1.165) is 39.7 Å². The number of nitrogens with zero attached hydrogens (tertiary/aromatic N) is 4. The standard InChI is InChI=1S/C20H15ClN4/c1-4-14-9-10-18-16(11-14)19(15-7-5-6-8-17(15)21)22-12(2)20-24-23-13(3)25(18)20/h1,5-12H,2-3H3. The van der Waals surface area contributed by atoms with Crippen LogP contribution in [-0.4, -0.2) is 20.5 Å². The Morgan fingerprint density at radius 1 is 1.12 bits per heavy atom. The molecule has 0 saturated heterocycles. The van der Waals surface area contributed by atoms with Gasteiger partial charge in [0.25, 0.3) is 0 Å². The maximum Gasteiger partial charge on any atom is 0.162 e. The fourth-order valence-electron chi connectivity index (χ4n) is 3.15. The van der Waals surface area contributed by atoms with Gasteiger partial charge in [-0.25, -0.2) is 0 Å². The Morgan fingerprint density at radius 3 is 2.68 bits per heavy atom. The van der Waals surface area contributed by atoms with E-state index in [9.17, 15) is 0 Å². The highest BCUT2D eigenvalue weighted by Crippen LogP contribution is 2.32. The number of terminal acetylenes is 1. The number of benzene rings is 2. The third kappa shape index (κ3) is 2.45. The summed E-state index contributed by atoms with van der Waals surface area (Å²) in [5, 5.41) is 9.20. The SMILES string of the molecule is C#Cc1ccc2c(c1)C(c1ccccc1Cl)=NC(C)c1nnc(C)n1-2. The van der Waals surface area contributed by atoms with Crippen LogP contribution in [0.3, 0.4) is 0 Å². The first kappa shape index (κ1) is 15.6. The van der Waals surface area contributed by atoms with E-state index in [2.05, 4.69) is 16.1 Å². The summed E-state index contributed by atoms with van der Waals surface area (Å²) >= 11 is 6.46. The highest BCUT2D eigenvalue weighted by molar-refractivity contribution is 6.35. The summed E-state index contributed by atoms with van der Waals surface area (Å²) in [5.41, 5.74) is 4.37. The Kier molecular flexibility index (Phi) is 3.67. The monoisotopic (exact) mass is 346 g/mol.